The SMILES string of the molecule is Cc1cc(OCc2ncccc2F)c(Cl)c(=O)n1C1=CC(c2ccnc(C(C)(C)O)n2)=NC[C@H]1C. The number of dihydropyridines is 1. The Morgan fingerprint density at radius 2 is 2.06 bits per heavy atom. The highest BCUT2D eigenvalue weighted by Gasteiger charge is 2.25. The van der Waals surface area contributed by atoms with E-state index < -0.39 is 17.0 Å². The minimum atomic E-state index is -1.21. The Hall–Kier alpha value is -3.43. The molecule has 4 rings (SSSR count). The van der Waals surface area contributed by atoms with Crippen molar-refractivity contribution < 1.29 is 14.2 Å². The Morgan fingerprint density at radius 3 is 2.77 bits per heavy atom. The van der Waals surface area contributed by atoms with Crippen molar-refractivity contribution in [1.29, 1.82) is 0 Å². The monoisotopic (exact) mass is 497 g/mol. The van der Waals surface area contributed by atoms with Gasteiger partial charge in [0.2, 0.25) is 0 Å². The Balaban J connectivity index is 1.69. The maximum Gasteiger partial charge on any atom is 0.277 e. The molecule has 0 aromatic carbocycles. The van der Waals surface area contributed by atoms with Crippen LogP contribution in [0, 0.1) is 18.7 Å². The number of ether oxygens (including phenoxy) is 1. The van der Waals surface area contributed by atoms with Gasteiger partial charge in [-0.05, 0) is 45.0 Å². The van der Waals surface area contributed by atoms with Crippen molar-refractivity contribution in [2.75, 3.05) is 6.54 Å². The lowest BCUT2D eigenvalue weighted by Crippen LogP contribution is -2.29. The molecule has 10 heteroatoms. The molecule has 0 radical (unpaired) electrons. The van der Waals surface area contributed by atoms with Crippen LogP contribution in [0.2, 0.25) is 5.02 Å². The molecule has 1 aliphatic rings. The maximum absolute atomic E-state index is 13.9. The molecule has 1 N–H and O–H groups in total. The lowest BCUT2D eigenvalue weighted by Gasteiger charge is -2.24. The summed E-state index contributed by atoms with van der Waals surface area (Å²) in [7, 11) is 0. The van der Waals surface area contributed by atoms with Crippen molar-refractivity contribution in [2.24, 2.45) is 10.9 Å². The van der Waals surface area contributed by atoms with E-state index in [0.29, 0.717) is 29.3 Å². The van der Waals surface area contributed by atoms with Crippen molar-refractivity contribution in [3.8, 4) is 5.75 Å². The third-order valence-corrected chi connectivity index (χ3v) is 5.90. The van der Waals surface area contributed by atoms with E-state index in [1.807, 2.05) is 6.92 Å². The van der Waals surface area contributed by atoms with Gasteiger partial charge in [0.05, 0.1) is 11.4 Å². The summed E-state index contributed by atoms with van der Waals surface area (Å²) in [6.07, 6.45) is 4.82. The van der Waals surface area contributed by atoms with E-state index in [1.54, 1.807) is 45.2 Å². The number of allylic oxidation sites excluding steroid dienone is 1. The molecule has 3 aromatic rings. The van der Waals surface area contributed by atoms with E-state index in [4.69, 9.17) is 16.3 Å². The van der Waals surface area contributed by atoms with Gasteiger partial charge in [-0.2, -0.15) is 0 Å². The van der Waals surface area contributed by atoms with Crippen LogP contribution in [-0.2, 0) is 12.2 Å². The maximum atomic E-state index is 13.9. The van der Waals surface area contributed by atoms with E-state index in [0.717, 1.165) is 0 Å². The summed E-state index contributed by atoms with van der Waals surface area (Å²) in [5, 5.41) is 10.2. The molecule has 0 fully saturated rings. The fourth-order valence-electron chi connectivity index (χ4n) is 3.67. The van der Waals surface area contributed by atoms with Crippen molar-refractivity contribution in [1.82, 2.24) is 19.5 Å². The number of halogens is 2. The Morgan fingerprint density at radius 1 is 1.29 bits per heavy atom. The second-order valence-electron chi connectivity index (χ2n) is 8.85. The number of aliphatic hydroxyl groups is 1. The summed E-state index contributed by atoms with van der Waals surface area (Å²) >= 11 is 6.39. The zero-order chi connectivity index (χ0) is 25.3. The molecular formula is C25H25ClFN5O3. The molecule has 0 saturated carbocycles. The van der Waals surface area contributed by atoms with Crippen LogP contribution in [0.3, 0.4) is 0 Å². The molecule has 1 aliphatic heterocycles. The molecule has 35 heavy (non-hydrogen) atoms. The number of rotatable bonds is 6. The summed E-state index contributed by atoms with van der Waals surface area (Å²) in [5.41, 5.74) is 0.850. The zero-order valence-corrected chi connectivity index (χ0v) is 20.5. The lowest BCUT2D eigenvalue weighted by atomic mass is 10.0. The van der Waals surface area contributed by atoms with E-state index in [9.17, 15) is 14.3 Å². The Labute approximate surface area is 206 Å². The van der Waals surface area contributed by atoms with Gasteiger partial charge in [0.15, 0.2) is 5.82 Å². The van der Waals surface area contributed by atoms with Crippen LogP contribution >= 0.6 is 11.6 Å². The van der Waals surface area contributed by atoms with Gasteiger partial charge < -0.3 is 9.84 Å². The number of aryl methyl sites for hydroxylation is 1. The van der Waals surface area contributed by atoms with Crippen molar-refractivity contribution >= 4 is 23.0 Å². The number of pyridine rings is 2. The summed E-state index contributed by atoms with van der Waals surface area (Å²) in [5.74, 6) is -0.150. The van der Waals surface area contributed by atoms with Crippen LogP contribution in [0.4, 0.5) is 4.39 Å². The number of aromatic nitrogens is 4. The number of nitrogens with zero attached hydrogens (tertiary/aromatic N) is 5. The van der Waals surface area contributed by atoms with Gasteiger partial charge in [0, 0.05) is 42.3 Å². The fraction of sp³-hybridized carbons (Fsp3) is 0.320. The Kier molecular flexibility index (Phi) is 6.82. The Bertz CT molecular complexity index is 1390. The van der Waals surface area contributed by atoms with Gasteiger partial charge in [-0.3, -0.25) is 19.3 Å². The first kappa shape index (κ1) is 24.7. The largest absolute Gasteiger partial charge is 0.485 e. The first-order chi connectivity index (χ1) is 16.6. The quantitative estimate of drug-likeness (QED) is 0.553. The van der Waals surface area contributed by atoms with Gasteiger partial charge in [0.25, 0.3) is 5.56 Å². The van der Waals surface area contributed by atoms with E-state index in [-0.39, 0.29) is 34.8 Å². The van der Waals surface area contributed by atoms with Crippen LogP contribution in [0.1, 0.15) is 43.7 Å². The normalized spacial score (nSPS) is 16.0. The minimum Gasteiger partial charge on any atom is -0.485 e. The minimum absolute atomic E-state index is 0.0730. The average molecular weight is 498 g/mol. The summed E-state index contributed by atoms with van der Waals surface area (Å²) in [6, 6.07) is 6.12. The topological polar surface area (TPSA) is 102 Å². The van der Waals surface area contributed by atoms with E-state index in [1.165, 1.54) is 22.9 Å². The lowest BCUT2D eigenvalue weighted by molar-refractivity contribution is 0.0686. The molecule has 0 bridgehead atoms. The summed E-state index contributed by atoms with van der Waals surface area (Å²) in [4.78, 5) is 30.4. The van der Waals surface area contributed by atoms with Crippen molar-refractivity contribution in [3.63, 3.8) is 0 Å². The number of hydrogen-bond acceptors (Lipinski definition) is 7. The molecule has 8 nitrogen and oxygen atoms in total. The van der Waals surface area contributed by atoms with E-state index in [2.05, 4.69) is 19.9 Å². The van der Waals surface area contributed by atoms with Crippen LogP contribution in [0.25, 0.3) is 5.70 Å². The highest BCUT2D eigenvalue weighted by atomic mass is 35.5. The van der Waals surface area contributed by atoms with Crippen LogP contribution in [0.15, 0.2) is 52.5 Å². The molecule has 0 amide bonds. The van der Waals surface area contributed by atoms with Crippen LogP contribution < -0.4 is 10.3 Å². The molecule has 182 valence electrons. The summed E-state index contributed by atoms with van der Waals surface area (Å²) < 4.78 is 21.0. The van der Waals surface area contributed by atoms with Crippen LogP contribution in [0.5, 0.6) is 5.75 Å². The first-order valence-corrected chi connectivity index (χ1v) is 11.4. The molecule has 4 heterocycles. The average Bonchev–Trinajstić information content (AvgIpc) is 2.82. The van der Waals surface area contributed by atoms with Crippen LogP contribution in [-0.4, -0.2) is 36.9 Å². The molecule has 0 saturated heterocycles. The van der Waals surface area contributed by atoms with Crippen molar-refractivity contribution in [2.45, 2.75) is 39.9 Å². The second-order valence-corrected chi connectivity index (χ2v) is 9.22. The number of hydrogen-bond donors (Lipinski definition) is 1. The molecular weight excluding hydrogens is 473 g/mol. The zero-order valence-electron chi connectivity index (χ0n) is 19.8. The third-order valence-electron chi connectivity index (χ3n) is 5.55. The predicted molar refractivity (Wildman–Crippen MR) is 131 cm³/mol. The highest BCUT2D eigenvalue weighted by molar-refractivity contribution is 6.31. The predicted octanol–water partition coefficient (Wildman–Crippen LogP) is 3.92. The van der Waals surface area contributed by atoms with Gasteiger partial charge in [-0.1, -0.05) is 18.5 Å². The second kappa shape index (κ2) is 9.67. The van der Waals surface area contributed by atoms with Gasteiger partial charge in [-0.15, -0.1) is 0 Å². The smallest absolute Gasteiger partial charge is 0.277 e. The molecule has 0 aliphatic carbocycles. The van der Waals surface area contributed by atoms with Gasteiger partial charge in [0.1, 0.15) is 34.5 Å². The summed E-state index contributed by atoms with van der Waals surface area (Å²) in [6.45, 7) is 7.21. The third kappa shape index (κ3) is 5.16. The molecule has 0 unspecified atom stereocenters. The van der Waals surface area contributed by atoms with E-state index >= 15 is 0 Å². The highest BCUT2D eigenvalue weighted by Crippen LogP contribution is 2.28. The molecule has 1 atom stereocenters. The van der Waals surface area contributed by atoms with Gasteiger partial charge in [-0.25, -0.2) is 14.4 Å². The molecule has 0 spiro atoms. The van der Waals surface area contributed by atoms with Crippen molar-refractivity contribution in [3.05, 3.63) is 86.8 Å². The molecule has 3 aromatic heterocycles. The standard InChI is InChI=1S/C25H25ClFN5O3/c1-14-12-30-18(17-7-9-29-24(31-17)25(3,4)34)11-20(14)32-15(2)10-21(22(26)23(32)33)35-13-19-16(27)6-5-8-28-19/h5-11,14,34H,12-13H2,1-4H3/t14-/m1/s1. The number of aliphatic imine (C=N–C) groups is 1. The fourth-order valence-corrected chi connectivity index (χ4v) is 3.86. The van der Waals surface area contributed by atoms with Gasteiger partial charge >= 0.3 is 0 Å². The first-order valence-electron chi connectivity index (χ1n) is 11.0.